The van der Waals surface area contributed by atoms with Gasteiger partial charge in [0.25, 0.3) is 0 Å². The van der Waals surface area contributed by atoms with Crippen LogP contribution in [0.1, 0.15) is 5.56 Å². The van der Waals surface area contributed by atoms with Gasteiger partial charge >= 0.3 is 6.01 Å². The lowest BCUT2D eigenvalue weighted by atomic mass is 10.2. The highest BCUT2D eigenvalue weighted by Crippen LogP contribution is 2.28. The molecule has 2 aromatic rings. The molecule has 1 aromatic carbocycles. The molecule has 2 rings (SSSR count). The van der Waals surface area contributed by atoms with Crippen LogP contribution in [0.2, 0.25) is 5.28 Å². The number of aromatic nitrogens is 3. The van der Waals surface area contributed by atoms with Gasteiger partial charge in [0.05, 0.1) is 7.11 Å². The number of nitrogens with zero attached hydrogens (tertiary/aromatic N) is 3. The first-order valence-corrected chi connectivity index (χ1v) is 6.07. The summed E-state index contributed by atoms with van der Waals surface area (Å²) in [4.78, 5) is 13.1. The van der Waals surface area contributed by atoms with Crippen molar-refractivity contribution in [3.8, 4) is 6.01 Å². The maximum atomic E-state index is 5.78. The van der Waals surface area contributed by atoms with Gasteiger partial charge in [0.15, 0.2) is 5.16 Å². The van der Waals surface area contributed by atoms with Crippen LogP contribution in [0, 0.1) is 6.92 Å². The minimum atomic E-state index is 0.132. The molecule has 0 saturated carbocycles. The summed E-state index contributed by atoms with van der Waals surface area (Å²) in [6.45, 7) is 2.03. The number of methoxy groups -OCH3 is 1. The van der Waals surface area contributed by atoms with E-state index in [1.165, 1.54) is 18.9 Å². The van der Waals surface area contributed by atoms with Crippen LogP contribution in [0.4, 0.5) is 0 Å². The standard InChI is InChI=1S/C11H10ClN3OS/c1-7-5-3-4-6-8(7)17-11-14-9(12)13-10(15-11)16-2/h3-6H,1-2H3. The molecule has 88 valence electrons. The van der Waals surface area contributed by atoms with Crippen LogP contribution >= 0.6 is 23.4 Å². The fourth-order valence-corrected chi connectivity index (χ4v) is 2.25. The quantitative estimate of drug-likeness (QED) is 0.856. The van der Waals surface area contributed by atoms with Crippen LogP contribution in [0.5, 0.6) is 6.01 Å². The van der Waals surface area contributed by atoms with Crippen LogP contribution < -0.4 is 4.74 Å². The smallest absolute Gasteiger partial charge is 0.321 e. The summed E-state index contributed by atoms with van der Waals surface area (Å²) in [5.74, 6) is 0. The Morgan fingerprint density at radius 2 is 1.94 bits per heavy atom. The van der Waals surface area contributed by atoms with E-state index in [9.17, 15) is 0 Å². The second-order valence-corrected chi connectivity index (χ2v) is 4.59. The molecule has 1 heterocycles. The van der Waals surface area contributed by atoms with Crippen LogP contribution in [0.15, 0.2) is 34.3 Å². The molecule has 0 N–H and O–H groups in total. The van der Waals surface area contributed by atoms with Crippen molar-refractivity contribution in [3.63, 3.8) is 0 Å². The highest BCUT2D eigenvalue weighted by molar-refractivity contribution is 7.99. The molecule has 6 heteroatoms. The second-order valence-electron chi connectivity index (χ2n) is 3.24. The number of rotatable bonds is 3. The van der Waals surface area contributed by atoms with Gasteiger partial charge in [0, 0.05) is 4.90 Å². The molecular formula is C11H10ClN3OS. The molecule has 0 amide bonds. The van der Waals surface area contributed by atoms with Gasteiger partial charge in [-0.3, -0.25) is 0 Å². The van der Waals surface area contributed by atoms with Crippen molar-refractivity contribution in [3.05, 3.63) is 35.1 Å². The third kappa shape index (κ3) is 3.08. The molecule has 0 fully saturated rings. The van der Waals surface area contributed by atoms with Crippen molar-refractivity contribution in [2.45, 2.75) is 17.0 Å². The molecule has 0 bridgehead atoms. The van der Waals surface area contributed by atoms with Crippen molar-refractivity contribution in [2.24, 2.45) is 0 Å². The number of ether oxygens (including phenoxy) is 1. The van der Waals surface area contributed by atoms with Crippen LogP contribution in [0.25, 0.3) is 0 Å². The zero-order valence-corrected chi connectivity index (χ0v) is 10.9. The van der Waals surface area contributed by atoms with Gasteiger partial charge in [-0.25, -0.2) is 0 Å². The van der Waals surface area contributed by atoms with E-state index in [0.717, 1.165) is 10.5 Å². The number of aryl methyl sites for hydroxylation is 1. The zero-order chi connectivity index (χ0) is 12.3. The number of benzene rings is 1. The summed E-state index contributed by atoms with van der Waals surface area (Å²) in [5.41, 5.74) is 1.16. The van der Waals surface area contributed by atoms with Gasteiger partial charge in [-0.1, -0.05) is 18.2 Å². The van der Waals surface area contributed by atoms with Crippen molar-refractivity contribution in [2.75, 3.05) is 7.11 Å². The molecular weight excluding hydrogens is 258 g/mol. The minimum Gasteiger partial charge on any atom is -0.467 e. The summed E-state index contributed by atoms with van der Waals surface area (Å²) in [6.07, 6.45) is 0. The lowest BCUT2D eigenvalue weighted by Crippen LogP contribution is -1.97. The van der Waals surface area contributed by atoms with E-state index in [2.05, 4.69) is 15.0 Å². The average Bonchev–Trinajstić information content (AvgIpc) is 2.31. The third-order valence-electron chi connectivity index (χ3n) is 2.04. The first-order valence-electron chi connectivity index (χ1n) is 4.88. The van der Waals surface area contributed by atoms with E-state index in [1.54, 1.807) is 0 Å². The van der Waals surface area contributed by atoms with Gasteiger partial charge in [0.1, 0.15) is 0 Å². The van der Waals surface area contributed by atoms with Gasteiger partial charge in [0.2, 0.25) is 5.28 Å². The predicted molar refractivity (Wildman–Crippen MR) is 66.7 cm³/mol. The third-order valence-corrected chi connectivity index (χ3v) is 3.26. The Morgan fingerprint density at radius 3 is 2.65 bits per heavy atom. The van der Waals surface area contributed by atoms with Gasteiger partial charge in [-0.15, -0.1) is 0 Å². The molecule has 0 atom stereocenters. The monoisotopic (exact) mass is 267 g/mol. The molecule has 0 aliphatic carbocycles. The first kappa shape index (κ1) is 12.1. The molecule has 1 aromatic heterocycles. The van der Waals surface area contributed by atoms with E-state index in [0.29, 0.717) is 5.16 Å². The molecule has 0 unspecified atom stereocenters. The fourth-order valence-electron chi connectivity index (χ4n) is 1.22. The van der Waals surface area contributed by atoms with Gasteiger partial charge in [-0.2, -0.15) is 15.0 Å². The normalized spacial score (nSPS) is 10.3. The summed E-state index contributed by atoms with van der Waals surface area (Å²) < 4.78 is 4.94. The molecule has 0 aliphatic heterocycles. The van der Waals surface area contributed by atoms with Crippen molar-refractivity contribution >= 4 is 23.4 Å². The Labute approximate surface area is 108 Å². The Bertz CT molecular complexity index is 536. The minimum absolute atomic E-state index is 0.132. The molecule has 17 heavy (non-hydrogen) atoms. The molecule has 0 spiro atoms. The Hall–Kier alpha value is -1.33. The summed E-state index contributed by atoms with van der Waals surface area (Å²) in [5, 5.41) is 0.657. The second kappa shape index (κ2) is 5.33. The van der Waals surface area contributed by atoms with Crippen molar-refractivity contribution in [1.29, 1.82) is 0 Å². The zero-order valence-electron chi connectivity index (χ0n) is 9.35. The predicted octanol–water partition coefficient (Wildman–Crippen LogP) is 2.99. The average molecular weight is 268 g/mol. The molecule has 4 nitrogen and oxygen atoms in total. The highest BCUT2D eigenvalue weighted by Gasteiger charge is 2.08. The fraction of sp³-hybridized carbons (Fsp3) is 0.182. The highest BCUT2D eigenvalue weighted by atomic mass is 35.5. The molecule has 0 radical (unpaired) electrons. The lowest BCUT2D eigenvalue weighted by molar-refractivity contribution is 0.373. The number of halogens is 1. The summed E-state index contributed by atoms with van der Waals surface area (Å²) >= 11 is 7.21. The van der Waals surface area contributed by atoms with Crippen LogP contribution in [-0.2, 0) is 0 Å². The van der Waals surface area contributed by atoms with Gasteiger partial charge < -0.3 is 4.74 Å². The Morgan fingerprint density at radius 1 is 1.18 bits per heavy atom. The van der Waals surface area contributed by atoms with Crippen molar-refractivity contribution < 1.29 is 4.74 Å². The van der Waals surface area contributed by atoms with Crippen LogP contribution in [0.3, 0.4) is 0 Å². The molecule has 0 saturated heterocycles. The maximum Gasteiger partial charge on any atom is 0.321 e. The van der Waals surface area contributed by atoms with E-state index < -0.39 is 0 Å². The van der Waals surface area contributed by atoms with Gasteiger partial charge in [-0.05, 0) is 41.9 Å². The van der Waals surface area contributed by atoms with Crippen molar-refractivity contribution in [1.82, 2.24) is 15.0 Å². The topological polar surface area (TPSA) is 47.9 Å². The van der Waals surface area contributed by atoms with Crippen LogP contribution in [-0.4, -0.2) is 22.1 Å². The first-order chi connectivity index (χ1) is 8.19. The van der Waals surface area contributed by atoms with E-state index in [1.807, 2.05) is 31.2 Å². The lowest BCUT2D eigenvalue weighted by Gasteiger charge is -2.04. The summed E-state index contributed by atoms with van der Waals surface area (Å²) in [6, 6.07) is 8.21. The molecule has 0 aliphatic rings. The number of hydrogen-bond donors (Lipinski definition) is 0. The number of hydrogen-bond acceptors (Lipinski definition) is 5. The Balaban J connectivity index is 2.30. The van der Waals surface area contributed by atoms with E-state index in [-0.39, 0.29) is 11.3 Å². The Kier molecular flexibility index (Phi) is 3.81. The largest absolute Gasteiger partial charge is 0.467 e. The summed E-state index contributed by atoms with van der Waals surface area (Å²) in [7, 11) is 1.49. The van der Waals surface area contributed by atoms with E-state index >= 15 is 0 Å². The maximum absolute atomic E-state index is 5.78. The van der Waals surface area contributed by atoms with E-state index in [4.69, 9.17) is 16.3 Å². The SMILES string of the molecule is COc1nc(Cl)nc(Sc2ccccc2C)n1.